The molecule has 15 heavy (non-hydrogen) atoms. The molecule has 3 nitrogen and oxygen atoms in total. The van der Waals surface area contributed by atoms with Crippen molar-refractivity contribution in [2.45, 2.75) is 19.3 Å². The van der Waals surface area contributed by atoms with Gasteiger partial charge >= 0.3 is 6.16 Å². The van der Waals surface area contributed by atoms with Gasteiger partial charge in [0, 0.05) is 0 Å². The summed E-state index contributed by atoms with van der Waals surface area (Å²) in [6.07, 6.45) is 2.76. The van der Waals surface area contributed by atoms with Gasteiger partial charge in [-0.05, 0) is 65.1 Å². The van der Waals surface area contributed by atoms with Crippen LogP contribution in [0.1, 0.15) is 17.5 Å². The van der Waals surface area contributed by atoms with E-state index >= 15 is 0 Å². The Morgan fingerprint density at radius 3 is 2.93 bits per heavy atom. The van der Waals surface area contributed by atoms with Crippen molar-refractivity contribution in [3.8, 4) is 5.75 Å². The summed E-state index contributed by atoms with van der Waals surface area (Å²) in [5.41, 5.74) is 2.65. The molecule has 0 saturated heterocycles. The lowest BCUT2D eigenvalue weighted by molar-refractivity contribution is 0.119. The Kier molecular flexibility index (Phi) is 3.45. The van der Waals surface area contributed by atoms with Crippen LogP contribution in [0.4, 0.5) is 4.79 Å². The van der Waals surface area contributed by atoms with E-state index in [1.807, 2.05) is 40.8 Å². The van der Waals surface area contributed by atoms with Gasteiger partial charge in [-0.1, -0.05) is 6.07 Å². The molecule has 1 aromatic carbocycles. The normalized spacial score (nSPS) is 13.4. The van der Waals surface area contributed by atoms with Crippen LogP contribution in [0.3, 0.4) is 0 Å². The average molecular weight is 318 g/mol. The van der Waals surface area contributed by atoms with Crippen LogP contribution in [0.5, 0.6) is 5.75 Å². The predicted molar refractivity (Wildman–Crippen MR) is 64.5 cm³/mol. The van der Waals surface area contributed by atoms with Crippen LogP contribution in [0.15, 0.2) is 18.2 Å². The number of aryl methyl sites for hydroxylation is 2. The van der Waals surface area contributed by atoms with E-state index < -0.39 is 6.16 Å². The number of benzene rings is 1. The van der Waals surface area contributed by atoms with Crippen molar-refractivity contribution in [1.29, 1.82) is 0 Å². The molecule has 0 saturated carbocycles. The van der Waals surface area contributed by atoms with E-state index in [0.717, 1.165) is 12.8 Å². The number of ether oxygens (including phenoxy) is 2. The number of carbonyl (C=O) groups excluding carboxylic acids is 1. The van der Waals surface area contributed by atoms with Gasteiger partial charge in [-0.25, -0.2) is 4.79 Å². The second kappa shape index (κ2) is 4.83. The molecule has 0 aromatic heterocycles. The number of alkyl halides is 1. The summed E-state index contributed by atoms with van der Waals surface area (Å²) in [7, 11) is 0. The highest BCUT2D eigenvalue weighted by Crippen LogP contribution is 2.26. The molecule has 0 aliphatic heterocycles. The molecule has 0 atom stereocenters. The van der Waals surface area contributed by atoms with Crippen LogP contribution in [-0.4, -0.2) is 10.8 Å². The fourth-order valence-electron chi connectivity index (χ4n) is 1.78. The smallest absolute Gasteiger partial charge is 0.423 e. The van der Waals surface area contributed by atoms with Crippen molar-refractivity contribution in [2.75, 3.05) is 4.61 Å². The molecule has 0 N–H and O–H groups in total. The number of hydrogen-bond acceptors (Lipinski definition) is 3. The van der Waals surface area contributed by atoms with Gasteiger partial charge in [0.25, 0.3) is 0 Å². The molecular weight excluding hydrogens is 307 g/mol. The summed E-state index contributed by atoms with van der Waals surface area (Å²) in [6.45, 7) is 0. The van der Waals surface area contributed by atoms with Crippen LogP contribution in [-0.2, 0) is 17.6 Å². The maximum absolute atomic E-state index is 11.1. The van der Waals surface area contributed by atoms with E-state index in [4.69, 9.17) is 9.47 Å². The Labute approximate surface area is 102 Å². The van der Waals surface area contributed by atoms with Gasteiger partial charge in [0.15, 0.2) is 0 Å². The summed E-state index contributed by atoms with van der Waals surface area (Å²) in [5.74, 6) is 0.575. The van der Waals surface area contributed by atoms with E-state index in [9.17, 15) is 4.79 Å². The van der Waals surface area contributed by atoms with Crippen molar-refractivity contribution in [3.05, 3.63) is 29.3 Å². The third-order valence-corrected chi connectivity index (χ3v) is 2.75. The topological polar surface area (TPSA) is 35.5 Å². The summed E-state index contributed by atoms with van der Waals surface area (Å²) in [6, 6.07) is 5.77. The van der Waals surface area contributed by atoms with E-state index in [-0.39, 0.29) is 0 Å². The zero-order chi connectivity index (χ0) is 10.7. The van der Waals surface area contributed by atoms with Crippen LogP contribution in [0.2, 0.25) is 0 Å². The molecule has 4 heteroatoms. The molecular formula is C11H11IO3. The van der Waals surface area contributed by atoms with Gasteiger partial charge in [-0.15, -0.1) is 0 Å². The van der Waals surface area contributed by atoms with Crippen LogP contribution in [0, 0.1) is 0 Å². The first-order valence-electron chi connectivity index (χ1n) is 4.82. The number of carbonyl (C=O) groups is 1. The second-order valence-electron chi connectivity index (χ2n) is 3.39. The van der Waals surface area contributed by atoms with Gasteiger partial charge in [-0.3, -0.25) is 0 Å². The maximum Gasteiger partial charge on any atom is 0.514 e. The molecule has 0 unspecified atom stereocenters. The Bertz CT molecular complexity index is 376. The van der Waals surface area contributed by atoms with Crippen LogP contribution < -0.4 is 4.74 Å². The summed E-state index contributed by atoms with van der Waals surface area (Å²) in [5, 5.41) is 0. The molecule has 1 aromatic rings. The minimum Gasteiger partial charge on any atom is -0.423 e. The third kappa shape index (κ3) is 2.62. The summed E-state index contributed by atoms with van der Waals surface area (Å²) < 4.78 is 10.0. The van der Waals surface area contributed by atoms with Gasteiger partial charge in [0.2, 0.25) is 0 Å². The fraction of sp³-hybridized carbons (Fsp3) is 0.364. The SMILES string of the molecule is O=C(OCI)Oc1ccc2c(c1)CCC2. The third-order valence-electron chi connectivity index (χ3n) is 2.44. The highest BCUT2D eigenvalue weighted by Gasteiger charge is 2.12. The predicted octanol–water partition coefficient (Wildman–Crippen LogP) is 3.08. The minimum atomic E-state index is -0.637. The van der Waals surface area contributed by atoms with Crippen molar-refractivity contribution in [3.63, 3.8) is 0 Å². The molecule has 0 spiro atoms. The Morgan fingerprint density at radius 2 is 2.13 bits per heavy atom. The van der Waals surface area contributed by atoms with Crippen LogP contribution >= 0.6 is 22.6 Å². The number of hydrogen-bond donors (Lipinski definition) is 0. The van der Waals surface area contributed by atoms with Crippen molar-refractivity contribution in [2.24, 2.45) is 0 Å². The van der Waals surface area contributed by atoms with Gasteiger partial charge < -0.3 is 9.47 Å². The highest BCUT2D eigenvalue weighted by molar-refractivity contribution is 14.1. The molecule has 0 heterocycles. The van der Waals surface area contributed by atoms with E-state index in [1.165, 1.54) is 17.5 Å². The van der Waals surface area contributed by atoms with Crippen molar-refractivity contribution >= 4 is 28.7 Å². The number of rotatable bonds is 2. The molecule has 80 valence electrons. The largest absolute Gasteiger partial charge is 0.514 e. The standard InChI is InChI=1S/C11H11IO3/c12-7-14-11(13)15-10-5-4-8-2-1-3-9(8)6-10/h4-6H,1-3,7H2. The Balaban J connectivity index is 2.06. The van der Waals surface area contributed by atoms with E-state index in [0.29, 0.717) is 10.4 Å². The second-order valence-corrected chi connectivity index (χ2v) is 4.01. The molecule has 1 aliphatic carbocycles. The molecule has 1 aliphatic rings. The molecule has 2 rings (SSSR count). The molecule has 0 radical (unpaired) electrons. The average Bonchev–Trinajstić information content (AvgIpc) is 2.65. The first-order valence-corrected chi connectivity index (χ1v) is 6.34. The molecule has 0 fully saturated rings. The fourth-order valence-corrected chi connectivity index (χ4v) is 2.04. The summed E-state index contributed by atoms with van der Waals surface area (Å²) in [4.78, 5) is 11.1. The lowest BCUT2D eigenvalue weighted by Gasteiger charge is -2.05. The van der Waals surface area contributed by atoms with Crippen molar-refractivity contribution < 1.29 is 14.3 Å². The van der Waals surface area contributed by atoms with Gasteiger partial charge in [-0.2, -0.15) is 0 Å². The monoisotopic (exact) mass is 318 g/mol. The first kappa shape index (κ1) is 10.7. The molecule has 0 bridgehead atoms. The van der Waals surface area contributed by atoms with Gasteiger partial charge in [0.05, 0.1) is 0 Å². The first-order chi connectivity index (χ1) is 7.29. The Hall–Kier alpha value is -0.780. The quantitative estimate of drug-likeness (QED) is 0.364. The van der Waals surface area contributed by atoms with Crippen LogP contribution in [0.25, 0.3) is 0 Å². The van der Waals surface area contributed by atoms with Crippen molar-refractivity contribution in [1.82, 2.24) is 0 Å². The zero-order valence-corrected chi connectivity index (χ0v) is 10.3. The summed E-state index contributed by atoms with van der Waals surface area (Å²) >= 11 is 1.95. The zero-order valence-electron chi connectivity index (χ0n) is 8.16. The maximum atomic E-state index is 11.1. The molecule has 0 amide bonds. The number of fused-ring (bicyclic) bond motifs is 1. The lowest BCUT2D eigenvalue weighted by atomic mass is 10.1. The highest BCUT2D eigenvalue weighted by atomic mass is 127. The van der Waals surface area contributed by atoms with E-state index in [2.05, 4.69) is 0 Å². The Morgan fingerprint density at radius 1 is 1.33 bits per heavy atom. The van der Waals surface area contributed by atoms with Gasteiger partial charge in [0.1, 0.15) is 10.4 Å². The lowest BCUT2D eigenvalue weighted by Crippen LogP contribution is -2.09. The minimum absolute atomic E-state index is 0.307. The number of halogens is 1. The van der Waals surface area contributed by atoms with E-state index in [1.54, 1.807) is 0 Å².